The lowest BCUT2D eigenvalue weighted by atomic mass is 10.2. The highest BCUT2D eigenvalue weighted by Gasteiger charge is 2.22. The van der Waals surface area contributed by atoms with Crippen molar-refractivity contribution in [2.45, 2.75) is 52.3 Å². The Morgan fingerprint density at radius 3 is 2.59 bits per heavy atom. The third-order valence-electron chi connectivity index (χ3n) is 4.03. The van der Waals surface area contributed by atoms with Crippen LogP contribution in [0.5, 0.6) is 5.75 Å². The van der Waals surface area contributed by atoms with Crippen LogP contribution >= 0.6 is 23.2 Å². The third-order valence-corrected chi connectivity index (χ3v) is 4.59. The molecule has 0 amide bonds. The van der Waals surface area contributed by atoms with E-state index in [2.05, 4.69) is 17.1 Å². The maximum atomic E-state index is 6.28. The first-order chi connectivity index (χ1) is 10.5. The van der Waals surface area contributed by atoms with E-state index in [-0.39, 0.29) is 6.10 Å². The summed E-state index contributed by atoms with van der Waals surface area (Å²) in [5.74, 6) is 0.579. The van der Waals surface area contributed by atoms with Crippen molar-refractivity contribution in [3.05, 3.63) is 27.7 Å². The summed E-state index contributed by atoms with van der Waals surface area (Å²) < 4.78 is 5.65. The Morgan fingerprint density at radius 2 is 2.00 bits per heavy atom. The van der Waals surface area contributed by atoms with Crippen molar-refractivity contribution in [1.82, 2.24) is 10.2 Å². The largest absolute Gasteiger partial charge is 0.488 e. The Hall–Kier alpha value is -0.480. The van der Waals surface area contributed by atoms with Crippen molar-refractivity contribution in [3.63, 3.8) is 0 Å². The fourth-order valence-corrected chi connectivity index (χ4v) is 3.61. The molecule has 5 heteroatoms. The van der Waals surface area contributed by atoms with Gasteiger partial charge in [-0.1, -0.05) is 30.1 Å². The zero-order valence-corrected chi connectivity index (χ0v) is 15.2. The summed E-state index contributed by atoms with van der Waals surface area (Å²) in [4.78, 5) is 2.53. The Kier molecular flexibility index (Phi) is 6.82. The lowest BCUT2D eigenvalue weighted by Gasteiger charge is -2.23. The van der Waals surface area contributed by atoms with Gasteiger partial charge in [-0.15, -0.1) is 0 Å². The molecule has 22 heavy (non-hydrogen) atoms. The van der Waals surface area contributed by atoms with Gasteiger partial charge in [-0.25, -0.2) is 0 Å². The van der Waals surface area contributed by atoms with Crippen LogP contribution in [0, 0.1) is 0 Å². The number of hydrogen-bond acceptors (Lipinski definition) is 3. The minimum atomic E-state index is 0.0568. The average molecular weight is 345 g/mol. The average Bonchev–Trinajstić information content (AvgIpc) is 2.90. The van der Waals surface area contributed by atoms with Crippen LogP contribution in [-0.2, 0) is 6.54 Å². The molecule has 0 aliphatic carbocycles. The summed E-state index contributed by atoms with van der Waals surface area (Å²) in [6.07, 6.45) is 2.64. The lowest BCUT2D eigenvalue weighted by Crippen LogP contribution is -2.37. The first-order valence-corrected chi connectivity index (χ1v) is 8.86. The van der Waals surface area contributed by atoms with Crippen LogP contribution in [0.1, 0.15) is 39.2 Å². The number of ether oxygens (including phenoxy) is 1. The van der Waals surface area contributed by atoms with Gasteiger partial charge in [0.2, 0.25) is 0 Å². The van der Waals surface area contributed by atoms with E-state index in [9.17, 15) is 0 Å². The molecular weight excluding hydrogens is 319 g/mol. The highest BCUT2D eigenvalue weighted by Crippen LogP contribution is 2.34. The fourth-order valence-electron chi connectivity index (χ4n) is 2.99. The SMILES string of the molecule is CCN1CCC[C@H]1CNCc1cc(Cl)c(OC(C)C)c(Cl)c1. The van der Waals surface area contributed by atoms with Gasteiger partial charge in [0.05, 0.1) is 16.1 Å². The van der Waals surface area contributed by atoms with E-state index < -0.39 is 0 Å². The number of benzene rings is 1. The van der Waals surface area contributed by atoms with Gasteiger partial charge in [0.15, 0.2) is 5.75 Å². The Labute approximate surface area is 143 Å². The topological polar surface area (TPSA) is 24.5 Å². The maximum Gasteiger partial charge on any atom is 0.156 e. The van der Waals surface area contributed by atoms with E-state index >= 15 is 0 Å². The summed E-state index contributed by atoms with van der Waals surface area (Å²) >= 11 is 12.6. The van der Waals surface area contributed by atoms with E-state index in [1.54, 1.807) is 0 Å². The van der Waals surface area contributed by atoms with Gasteiger partial charge in [0.25, 0.3) is 0 Å². The second-order valence-corrected chi connectivity index (χ2v) is 6.93. The Balaban J connectivity index is 1.90. The first kappa shape index (κ1) is 17.9. The van der Waals surface area contributed by atoms with Crippen molar-refractivity contribution in [1.29, 1.82) is 0 Å². The molecule has 3 nitrogen and oxygen atoms in total. The Morgan fingerprint density at radius 1 is 1.32 bits per heavy atom. The third kappa shape index (κ3) is 4.76. The van der Waals surface area contributed by atoms with E-state index in [0.29, 0.717) is 21.8 Å². The fraction of sp³-hybridized carbons (Fsp3) is 0.647. The summed E-state index contributed by atoms with van der Waals surface area (Å²) in [6, 6.07) is 4.52. The standard InChI is InChI=1S/C17H26Cl2N2O/c1-4-21-7-5-6-14(21)11-20-10-13-8-15(18)17(16(19)9-13)22-12(2)3/h8-9,12,14,20H,4-7,10-11H2,1-3H3/t14-/m0/s1. The molecule has 124 valence electrons. The molecule has 0 bridgehead atoms. The molecule has 1 aliphatic heterocycles. The summed E-state index contributed by atoms with van der Waals surface area (Å²) in [5.41, 5.74) is 1.09. The van der Waals surface area contributed by atoms with Gasteiger partial charge < -0.3 is 10.1 Å². The van der Waals surface area contributed by atoms with Gasteiger partial charge in [-0.2, -0.15) is 0 Å². The van der Waals surface area contributed by atoms with Gasteiger partial charge in [-0.3, -0.25) is 4.90 Å². The number of rotatable bonds is 7. The molecular formula is C17H26Cl2N2O. The predicted octanol–water partition coefficient (Wildman–Crippen LogP) is 4.35. The number of nitrogens with zero attached hydrogens (tertiary/aromatic N) is 1. The molecule has 1 heterocycles. The van der Waals surface area contributed by atoms with Gasteiger partial charge >= 0.3 is 0 Å². The molecule has 1 aromatic rings. The molecule has 1 atom stereocenters. The monoisotopic (exact) mass is 344 g/mol. The van der Waals surface area contributed by atoms with Crippen molar-refractivity contribution < 1.29 is 4.74 Å². The highest BCUT2D eigenvalue weighted by atomic mass is 35.5. The van der Waals surface area contributed by atoms with E-state index in [0.717, 1.165) is 25.2 Å². The van der Waals surface area contributed by atoms with Crippen molar-refractivity contribution in [2.75, 3.05) is 19.6 Å². The van der Waals surface area contributed by atoms with Crippen LogP contribution in [0.4, 0.5) is 0 Å². The van der Waals surface area contributed by atoms with E-state index in [1.165, 1.54) is 19.4 Å². The molecule has 0 aromatic heterocycles. The predicted molar refractivity (Wildman–Crippen MR) is 94.2 cm³/mol. The molecule has 2 rings (SSSR count). The van der Waals surface area contributed by atoms with Crippen LogP contribution in [0.15, 0.2) is 12.1 Å². The molecule has 0 spiro atoms. The molecule has 1 saturated heterocycles. The summed E-state index contributed by atoms with van der Waals surface area (Å²) in [5, 5.41) is 4.68. The van der Waals surface area contributed by atoms with Crippen molar-refractivity contribution in [3.8, 4) is 5.75 Å². The molecule has 1 aliphatic rings. The van der Waals surface area contributed by atoms with Gasteiger partial charge in [-0.05, 0) is 57.5 Å². The van der Waals surface area contributed by atoms with E-state index in [4.69, 9.17) is 27.9 Å². The highest BCUT2D eigenvalue weighted by molar-refractivity contribution is 6.37. The first-order valence-electron chi connectivity index (χ1n) is 8.10. The number of halogens is 2. The van der Waals surface area contributed by atoms with Crippen LogP contribution < -0.4 is 10.1 Å². The number of hydrogen-bond donors (Lipinski definition) is 1. The van der Waals surface area contributed by atoms with Crippen molar-refractivity contribution >= 4 is 23.2 Å². The van der Waals surface area contributed by atoms with Crippen LogP contribution in [0.25, 0.3) is 0 Å². The minimum absolute atomic E-state index is 0.0568. The van der Waals surface area contributed by atoms with Crippen LogP contribution in [-0.4, -0.2) is 36.7 Å². The normalized spacial score (nSPS) is 19.1. The van der Waals surface area contributed by atoms with Crippen LogP contribution in [0.2, 0.25) is 10.0 Å². The zero-order valence-electron chi connectivity index (χ0n) is 13.7. The molecule has 0 saturated carbocycles. The van der Waals surface area contributed by atoms with Crippen LogP contribution in [0.3, 0.4) is 0 Å². The van der Waals surface area contributed by atoms with Gasteiger partial charge in [0, 0.05) is 19.1 Å². The molecule has 1 fully saturated rings. The lowest BCUT2D eigenvalue weighted by molar-refractivity contribution is 0.242. The molecule has 1 N–H and O–H groups in total. The van der Waals surface area contributed by atoms with E-state index in [1.807, 2.05) is 26.0 Å². The minimum Gasteiger partial charge on any atom is -0.488 e. The second-order valence-electron chi connectivity index (χ2n) is 6.11. The second kappa shape index (κ2) is 8.39. The Bertz CT molecular complexity index is 471. The number of likely N-dealkylation sites (N-methyl/N-ethyl adjacent to an activating group) is 1. The molecule has 1 aromatic carbocycles. The smallest absolute Gasteiger partial charge is 0.156 e. The number of nitrogens with one attached hydrogen (secondary N) is 1. The number of likely N-dealkylation sites (tertiary alicyclic amines) is 1. The molecule has 0 unspecified atom stereocenters. The summed E-state index contributed by atoms with van der Waals surface area (Å²) in [6.45, 7) is 10.3. The van der Waals surface area contributed by atoms with Crippen molar-refractivity contribution in [2.24, 2.45) is 0 Å². The van der Waals surface area contributed by atoms with Gasteiger partial charge in [0.1, 0.15) is 0 Å². The summed E-state index contributed by atoms with van der Waals surface area (Å²) in [7, 11) is 0. The molecule has 0 radical (unpaired) electrons. The zero-order chi connectivity index (χ0) is 16.1. The quantitative estimate of drug-likeness (QED) is 0.795. The maximum absolute atomic E-state index is 6.28.